The van der Waals surface area contributed by atoms with Crippen LogP contribution in [0.1, 0.15) is 22.3 Å². The number of aryl methyl sites for hydroxylation is 1. The molecule has 1 unspecified atom stereocenters. The van der Waals surface area contributed by atoms with Gasteiger partial charge in [0.25, 0.3) is 0 Å². The smallest absolute Gasteiger partial charge is 0.128 e. The van der Waals surface area contributed by atoms with Gasteiger partial charge in [0, 0.05) is 10.9 Å². The molecule has 2 nitrogen and oxygen atoms in total. The van der Waals surface area contributed by atoms with Gasteiger partial charge in [-0.3, -0.25) is 0 Å². The van der Waals surface area contributed by atoms with Crippen LogP contribution < -0.4 is 5.32 Å². The Labute approximate surface area is 102 Å². The molecule has 0 saturated carbocycles. The number of thiazole rings is 1. The molecule has 2 aromatic rings. The molecule has 90 valence electrons. The molecule has 0 aliphatic carbocycles. The van der Waals surface area contributed by atoms with Crippen LogP contribution in [-0.4, -0.2) is 12.0 Å². The van der Waals surface area contributed by atoms with Crippen molar-refractivity contribution in [3.05, 3.63) is 51.5 Å². The summed E-state index contributed by atoms with van der Waals surface area (Å²) in [5.41, 5.74) is 0.984. The van der Waals surface area contributed by atoms with E-state index in [-0.39, 0.29) is 5.56 Å². The number of nitrogens with one attached hydrogen (secondary N) is 1. The second kappa shape index (κ2) is 4.89. The van der Waals surface area contributed by atoms with E-state index in [1.807, 2.05) is 12.3 Å². The standard InChI is InChI=1S/C12H12F2N2S/c1-7-16-11(6-17-7)12(15-2)9-5-8(13)3-4-10(9)14/h3-6,12,15H,1-2H3. The lowest BCUT2D eigenvalue weighted by molar-refractivity contribution is 0.554. The van der Waals surface area contributed by atoms with Gasteiger partial charge in [-0.1, -0.05) is 0 Å². The van der Waals surface area contributed by atoms with Crippen molar-refractivity contribution < 1.29 is 8.78 Å². The van der Waals surface area contributed by atoms with Gasteiger partial charge in [0.05, 0.1) is 16.7 Å². The monoisotopic (exact) mass is 254 g/mol. The Balaban J connectivity index is 2.45. The molecule has 0 aliphatic heterocycles. The van der Waals surface area contributed by atoms with Gasteiger partial charge >= 0.3 is 0 Å². The molecule has 1 aromatic carbocycles. The molecule has 0 saturated heterocycles. The Hall–Kier alpha value is -1.33. The van der Waals surface area contributed by atoms with Crippen LogP contribution in [0.5, 0.6) is 0 Å². The summed E-state index contributed by atoms with van der Waals surface area (Å²) in [5, 5.41) is 5.70. The van der Waals surface area contributed by atoms with E-state index in [9.17, 15) is 8.78 Å². The number of hydrogen-bond acceptors (Lipinski definition) is 3. The molecule has 0 spiro atoms. The fourth-order valence-electron chi connectivity index (χ4n) is 1.71. The lowest BCUT2D eigenvalue weighted by atomic mass is 10.0. The molecule has 0 radical (unpaired) electrons. The van der Waals surface area contributed by atoms with E-state index < -0.39 is 17.7 Å². The van der Waals surface area contributed by atoms with E-state index in [1.54, 1.807) is 7.05 Å². The van der Waals surface area contributed by atoms with Crippen molar-refractivity contribution in [3.8, 4) is 0 Å². The van der Waals surface area contributed by atoms with Crippen LogP contribution in [0.3, 0.4) is 0 Å². The quantitative estimate of drug-likeness (QED) is 0.910. The molecule has 0 fully saturated rings. The van der Waals surface area contributed by atoms with Gasteiger partial charge < -0.3 is 5.32 Å². The molecule has 0 aliphatic rings. The topological polar surface area (TPSA) is 24.9 Å². The van der Waals surface area contributed by atoms with E-state index in [0.29, 0.717) is 5.69 Å². The van der Waals surface area contributed by atoms with E-state index in [0.717, 1.165) is 17.1 Å². The summed E-state index contributed by atoms with van der Waals surface area (Å²) < 4.78 is 26.8. The highest BCUT2D eigenvalue weighted by Gasteiger charge is 2.19. The van der Waals surface area contributed by atoms with Crippen molar-refractivity contribution in [1.29, 1.82) is 0 Å². The first kappa shape index (κ1) is 12.1. The van der Waals surface area contributed by atoms with E-state index >= 15 is 0 Å². The van der Waals surface area contributed by atoms with Gasteiger partial charge in [0.1, 0.15) is 11.6 Å². The van der Waals surface area contributed by atoms with Gasteiger partial charge in [0.2, 0.25) is 0 Å². The van der Waals surface area contributed by atoms with Crippen molar-refractivity contribution in [2.45, 2.75) is 13.0 Å². The summed E-state index contributed by atoms with van der Waals surface area (Å²) >= 11 is 1.49. The minimum Gasteiger partial charge on any atom is -0.308 e. The largest absolute Gasteiger partial charge is 0.308 e. The van der Waals surface area contributed by atoms with Gasteiger partial charge in [-0.2, -0.15) is 0 Å². The third kappa shape index (κ3) is 2.50. The van der Waals surface area contributed by atoms with Gasteiger partial charge in [-0.05, 0) is 32.2 Å². The van der Waals surface area contributed by atoms with Crippen molar-refractivity contribution >= 4 is 11.3 Å². The Kier molecular flexibility index (Phi) is 3.49. The maximum absolute atomic E-state index is 13.7. The third-order valence-corrected chi connectivity index (χ3v) is 3.28. The molecule has 0 bridgehead atoms. The molecule has 0 amide bonds. The van der Waals surface area contributed by atoms with Crippen LogP contribution in [0.25, 0.3) is 0 Å². The Morgan fingerprint density at radius 1 is 1.35 bits per heavy atom. The summed E-state index contributed by atoms with van der Waals surface area (Å²) in [4.78, 5) is 4.30. The molecule has 1 N–H and O–H groups in total. The molecule has 1 atom stereocenters. The highest BCUT2D eigenvalue weighted by atomic mass is 32.1. The zero-order valence-electron chi connectivity index (χ0n) is 9.50. The summed E-state index contributed by atoms with van der Waals surface area (Å²) in [6.45, 7) is 1.88. The first-order valence-corrected chi connectivity index (χ1v) is 6.04. The number of rotatable bonds is 3. The lowest BCUT2D eigenvalue weighted by Gasteiger charge is -2.15. The summed E-state index contributed by atoms with van der Waals surface area (Å²) in [6.07, 6.45) is 0. The van der Waals surface area contributed by atoms with Gasteiger partial charge in [0.15, 0.2) is 0 Å². The zero-order valence-corrected chi connectivity index (χ0v) is 10.3. The Morgan fingerprint density at radius 3 is 2.71 bits per heavy atom. The third-order valence-electron chi connectivity index (χ3n) is 2.49. The number of halogens is 2. The Morgan fingerprint density at radius 2 is 2.12 bits per heavy atom. The van der Waals surface area contributed by atoms with E-state index in [4.69, 9.17) is 0 Å². The summed E-state index contributed by atoms with van der Waals surface area (Å²) in [6, 6.07) is 3.02. The lowest BCUT2D eigenvalue weighted by Crippen LogP contribution is -2.19. The zero-order chi connectivity index (χ0) is 12.4. The first-order valence-electron chi connectivity index (χ1n) is 5.16. The van der Waals surface area contributed by atoms with Crippen LogP contribution >= 0.6 is 11.3 Å². The minimum atomic E-state index is -0.450. The highest BCUT2D eigenvalue weighted by molar-refractivity contribution is 7.09. The summed E-state index contributed by atoms with van der Waals surface area (Å²) in [5.74, 6) is -0.884. The molecule has 1 heterocycles. The van der Waals surface area contributed by atoms with Gasteiger partial charge in [-0.25, -0.2) is 13.8 Å². The number of hydrogen-bond donors (Lipinski definition) is 1. The fraction of sp³-hybridized carbons (Fsp3) is 0.250. The number of benzene rings is 1. The predicted molar refractivity (Wildman–Crippen MR) is 64.1 cm³/mol. The first-order chi connectivity index (χ1) is 8.11. The maximum atomic E-state index is 13.7. The van der Waals surface area contributed by atoms with Crippen LogP contribution in [0.15, 0.2) is 23.6 Å². The van der Waals surface area contributed by atoms with Crippen molar-refractivity contribution in [3.63, 3.8) is 0 Å². The Bertz CT molecular complexity index is 525. The van der Waals surface area contributed by atoms with E-state index in [2.05, 4.69) is 10.3 Å². The van der Waals surface area contributed by atoms with Crippen LogP contribution in [0.2, 0.25) is 0 Å². The predicted octanol–water partition coefficient (Wildman–Crippen LogP) is 3.04. The molecular weight excluding hydrogens is 242 g/mol. The average molecular weight is 254 g/mol. The molecule has 1 aromatic heterocycles. The normalized spacial score (nSPS) is 12.7. The number of aromatic nitrogens is 1. The SMILES string of the molecule is CNC(c1csc(C)n1)c1cc(F)ccc1F. The van der Waals surface area contributed by atoms with Gasteiger partial charge in [-0.15, -0.1) is 11.3 Å². The molecular formula is C12H12F2N2S. The van der Waals surface area contributed by atoms with E-state index in [1.165, 1.54) is 17.4 Å². The highest BCUT2D eigenvalue weighted by Crippen LogP contribution is 2.25. The van der Waals surface area contributed by atoms with Crippen LogP contribution in [-0.2, 0) is 0 Å². The molecule has 5 heteroatoms. The van der Waals surface area contributed by atoms with Crippen LogP contribution in [0, 0.1) is 18.6 Å². The molecule has 2 rings (SSSR count). The summed E-state index contributed by atoms with van der Waals surface area (Å²) in [7, 11) is 1.70. The number of nitrogens with zero attached hydrogens (tertiary/aromatic N) is 1. The van der Waals surface area contributed by atoms with Crippen LogP contribution in [0.4, 0.5) is 8.78 Å². The second-order valence-electron chi connectivity index (χ2n) is 3.68. The average Bonchev–Trinajstić information content (AvgIpc) is 2.71. The maximum Gasteiger partial charge on any atom is 0.128 e. The van der Waals surface area contributed by atoms with Crippen molar-refractivity contribution in [2.75, 3.05) is 7.05 Å². The molecule has 17 heavy (non-hydrogen) atoms. The second-order valence-corrected chi connectivity index (χ2v) is 4.74. The van der Waals surface area contributed by atoms with Crippen molar-refractivity contribution in [2.24, 2.45) is 0 Å². The van der Waals surface area contributed by atoms with Crippen molar-refractivity contribution in [1.82, 2.24) is 10.3 Å². The fourth-order valence-corrected chi connectivity index (χ4v) is 2.35. The minimum absolute atomic E-state index is 0.276.